The van der Waals surface area contributed by atoms with Crippen LogP contribution in [-0.2, 0) is 24.0 Å². The molecule has 0 aliphatic carbocycles. The van der Waals surface area contributed by atoms with E-state index in [1.54, 1.807) is 0 Å². The molecular weight excluding hydrogens is 203 g/mol. The van der Waals surface area contributed by atoms with Gasteiger partial charge in [0, 0.05) is 19.5 Å². The first-order valence-corrected chi connectivity index (χ1v) is 2.35. The molecule has 0 bridgehead atoms. The molecular formula is H8AlO5PZn. The maximum Gasteiger partial charge on any atom is 0.466 e. The van der Waals surface area contributed by atoms with Gasteiger partial charge in [-0.1, -0.05) is 0 Å². The molecule has 0 fully saturated rings. The van der Waals surface area contributed by atoms with E-state index >= 15 is 0 Å². The van der Waals surface area contributed by atoms with Crippen LogP contribution in [-0.4, -0.2) is 37.5 Å². The minimum absolute atomic E-state index is 0. The average Bonchev–Trinajstić information content (AvgIpc) is 0.722. The van der Waals surface area contributed by atoms with Gasteiger partial charge in [-0.05, 0) is 0 Å². The summed E-state index contributed by atoms with van der Waals surface area (Å²) in [5, 5.41) is 0. The molecule has 0 rings (SSSR count). The Balaban J connectivity index is -0.0000000267. The molecule has 0 aromatic carbocycles. The Labute approximate surface area is 69.5 Å². The summed E-state index contributed by atoms with van der Waals surface area (Å²) in [7, 11) is -4.64. The van der Waals surface area contributed by atoms with Crippen molar-refractivity contribution in [1.29, 1.82) is 0 Å². The SMILES string of the molecule is O.O=P(O)(O)O.[AlH3].[Zn]. The van der Waals surface area contributed by atoms with E-state index in [0.29, 0.717) is 0 Å². The first-order chi connectivity index (χ1) is 2.00. The zero-order valence-electron chi connectivity index (χ0n) is 3.40. The van der Waals surface area contributed by atoms with Crippen molar-refractivity contribution in [2.75, 3.05) is 0 Å². The minimum atomic E-state index is -4.64. The second kappa shape index (κ2) is 8.23. The second-order valence-corrected chi connectivity index (χ2v) is 1.54. The van der Waals surface area contributed by atoms with E-state index in [-0.39, 0.29) is 42.3 Å². The van der Waals surface area contributed by atoms with Gasteiger partial charge in [0.25, 0.3) is 0 Å². The third-order valence-electron chi connectivity index (χ3n) is 0. The fourth-order valence-electron chi connectivity index (χ4n) is 0. The molecule has 0 radical (unpaired) electrons. The predicted octanol–water partition coefficient (Wildman–Crippen LogP) is -2.94. The molecule has 0 atom stereocenters. The third-order valence-corrected chi connectivity index (χ3v) is 0. The number of hydrogen-bond donors (Lipinski definition) is 3. The molecule has 0 spiro atoms. The summed E-state index contributed by atoms with van der Waals surface area (Å²) >= 11 is 0. The van der Waals surface area contributed by atoms with Crippen LogP contribution in [0.5, 0.6) is 0 Å². The molecule has 0 aromatic heterocycles. The maximum atomic E-state index is 8.88. The normalized spacial score (nSPS) is 7.38. The fraction of sp³-hybridized carbons (Fsp3) is 0. The zero-order valence-corrected chi connectivity index (χ0v) is 7.27. The van der Waals surface area contributed by atoms with Crippen molar-refractivity contribution < 1.29 is 44.2 Å². The Morgan fingerprint density at radius 1 is 1.12 bits per heavy atom. The fourth-order valence-corrected chi connectivity index (χ4v) is 0. The van der Waals surface area contributed by atoms with E-state index in [9.17, 15) is 0 Å². The van der Waals surface area contributed by atoms with Crippen molar-refractivity contribution >= 4 is 25.2 Å². The third kappa shape index (κ3) is 186. The number of rotatable bonds is 0. The molecule has 0 aliphatic heterocycles. The first-order valence-electron chi connectivity index (χ1n) is 0.783. The van der Waals surface area contributed by atoms with Crippen molar-refractivity contribution in [3.8, 4) is 0 Å². The summed E-state index contributed by atoms with van der Waals surface area (Å²) in [5.41, 5.74) is 0. The largest absolute Gasteiger partial charge is 0.466 e. The van der Waals surface area contributed by atoms with Gasteiger partial charge in [0.2, 0.25) is 0 Å². The number of hydrogen-bond acceptors (Lipinski definition) is 1. The molecule has 48 valence electrons. The van der Waals surface area contributed by atoms with Crippen LogP contribution in [0.15, 0.2) is 0 Å². The van der Waals surface area contributed by atoms with Gasteiger partial charge in [0.1, 0.15) is 0 Å². The smallest absolute Gasteiger partial charge is 0.412 e. The number of phosphoric acid groups is 1. The van der Waals surface area contributed by atoms with E-state index in [2.05, 4.69) is 0 Å². The molecule has 8 heavy (non-hydrogen) atoms. The van der Waals surface area contributed by atoms with Gasteiger partial charge in [-0.25, -0.2) is 4.57 Å². The van der Waals surface area contributed by atoms with Gasteiger partial charge in [0.15, 0.2) is 17.4 Å². The topological polar surface area (TPSA) is 109 Å². The standard InChI is InChI=1S/Al.H3O4P.H2O.Zn.3H/c;1-5(2,3)4;;;;;/h;(H3,1,2,3,4);1H2;;;;. The summed E-state index contributed by atoms with van der Waals surface area (Å²) in [5.74, 6) is 0. The van der Waals surface area contributed by atoms with Crippen molar-refractivity contribution in [2.24, 2.45) is 0 Å². The minimum Gasteiger partial charge on any atom is -0.412 e. The second-order valence-electron chi connectivity index (χ2n) is 0.513. The van der Waals surface area contributed by atoms with E-state index in [4.69, 9.17) is 19.2 Å². The van der Waals surface area contributed by atoms with Crippen LogP contribution in [0.4, 0.5) is 0 Å². The van der Waals surface area contributed by atoms with Crippen molar-refractivity contribution in [2.45, 2.75) is 0 Å². The monoisotopic (exact) mass is 210 g/mol. The van der Waals surface area contributed by atoms with Crippen LogP contribution in [0.25, 0.3) is 0 Å². The molecule has 0 heterocycles. The molecule has 5 N–H and O–H groups in total. The zero-order chi connectivity index (χ0) is 4.50. The van der Waals surface area contributed by atoms with Crippen LogP contribution in [0.2, 0.25) is 0 Å². The molecule has 8 heteroatoms. The Hall–Kier alpha value is 1.23. The summed E-state index contributed by atoms with van der Waals surface area (Å²) in [6, 6.07) is 0. The van der Waals surface area contributed by atoms with E-state index in [0.717, 1.165) is 0 Å². The van der Waals surface area contributed by atoms with Crippen molar-refractivity contribution in [3.63, 3.8) is 0 Å². The van der Waals surface area contributed by atoms with Crippen LogP contribution < -0.4 is 0 Å². The van der Waals surface area contributed by atoms with Gasteiger partial charge < -0.3 is 20.2 Å². The summed E-state index contributed by atoms with van der Waals surface area (Å²) in [4.78, 5) is 21.6. The van der Waals surface area contributed by atoms with Gasteiger partial charge in [-0.2, -0.15) is 0 Å². The Morgan fingerprint density at radius 2 is 1.12 bits per heavy atom. The molecule has 0 unspecified atom stereocenters. The van der Waals surface area contributed by atoms with Gasteiger partial charge in [-0.15, -0.1) is 0 Å². The molecule has 0 amide bonds. The molecule has 0 saturated heterocycles. The average molecular weight is 211 g/mol. The molecule has 0 aromatic rings. The Morgan fingerprint density at radius 3 is 1.12 bits per heavy atom. The van der Waals surface area contributed by atoms with Gasteiger partial charge >= 0.3 is 7.82 Å². The summed E-state index contributed by atoms with van der Waals surface area (Å²) in [6.07, 6.45) is 0. The van der Waals surface area contributed by atoms with Gasteiger partial charge in [0.05, 0.1) is 0 Å². The Kier molecular flexibility index (Phi) is 23.5. The van der Waals surface area contributed by atoms with Crippen molar-refractivity contribution in [1.82, 2.24) is 0 Å². The van der Waals surface area contributed by atoms with Gasteiger partial charge in [-0.3, -0.25) is 0 Å². The van der Waals surface area contributed by atoms with E-state index in [1.807, 2.05) is 0 Å². The summed E-state index contributed by atoms with van der Waals surface area (Å²) < 4.78 is 8.88. The maximum absolute atomic E-state index is 8.88. The van der Waals surface area contributed by atoms with Crippen LogP contribution in [0.1, 0.15) is 0 Å². The van der Waals surface area contributed by atoms with Crippen LogP contribution in [0, 0.1) is 0 Å². The predicted molar refractivity (Wildman–Crippen MR) is 27.8 cm³/mol. The summed E-state index contributed by atoms with van der Waals surface area (Å²) in [6.45, 7) is 0. The molecule has 0 aliphatic rings. The molecule has 0 saturated carbocycles. The van der Waals surface area contributed by atoms with E-state index in [1.165, 1.54) is 0 Å². The van der Waals surface area contributed by atoms with E-state index < -0.39 is 7.82 Å². The Bertz CT molecular complexity index is 58.6. The molecule has 5 nitrogen and oxygen atoms in total. The van der Waals surface area contributed by atoms with Crippen molar-refractivity contribution in [3.05, 3.63) is 0 Å². The first kappa shape index (κ1) is 22.9. The van der Waals surface area contributed by atoms with Crippen LogP contribution in [0.3, 0.4) is 0 Å². The van der Waals surface area contributed by atoms with Crippen LogP contribution >= 0.6 is 7.82 Å². The quantitative estimate of drug-likeness (QED) is 0.294.